The molecule has 1 N–H and O–H groups in total. The van der Waals surface area contributed by atoms with Crippen molar-refractivity contribution >= 4 is 40.1 Å². The Balaban J connectivity index is 1.28. The van der Waals surface area contributed by atoms with Crippen molar-refractivity contribution in [3.05, 3.63) is 57.6 Å². The number of aromatic nitrogens is 3. The molecule has 2 unspecified atom stereocenters. The van der Waals surface area contributed by atoms with Crippen LogP contribution in [0.2, 0.25) is 10.0 Å². The summed E-state index contributed by atoms with van der Waals surface area (Å²) < 4.78 is 13.5. The first-order valence-corrected chi connectivity index (χ1v) is 10.7. The van der Waals surface area contributed by atoms with Crippen LogP contribution in [0.3, 0.4) is 0 Å². The van der Waals surface area contributed by atoms with Gasteiger partial charge in [0.25, 0.3) is 5.91 Å². The Morgan fingerprint density at radius 3 is 2.87 bits per heavy atom. The first kappa shape index (κ1) is 19.7. The van der Waals surface area contributed by atoms with Crippen LogP contribution in [0.5, 0.6) is 0 Å². The number of hydrogen-bond acceptors (Lipinski definition) is 4. The van der Waals surface area contributed by atoms with Gasteiger partial charge < -0.3 is 4.90 Å². The lowest BCUT2D eigenvalue weighted by molar-refractivity contribution is 0.0329. The molecule has 1 amide bonds. The van der Waals surface area contributed by atoms with E-state index < -0.39 is 0 Å². The molecule has 1 aromatic carbocycles. The van der Waals surface area contributed by atoms with E-state index in [-0.39, 0.29) is 16.7 Å². The SMILES string of the molecule is O=C(c1cnc2[nH]ncc2c1Cl)N1CCN2CC(c3ccc(F)c(Cl)c3)CCC2C1. The van der Waals surface area contributed by atoms with E-state index in [0.717, 1.165) is 31.5 Å². The fraction of sp³-hybridized carbons (Fsp3) is 0.381. The number of amides is 1. The topological polar surface area (TPSA) is 65.1 Å². The van der Waals surface area contributed by atoms with E-state index in [0.29, 0.717) is 46.7 Å². The minimum atomic E-state index is -0.386. The lowest BCUT2D eigenvalue weighted by Gasteiger charge is -2.46. The number of benzene rings is 1. The molecule has 2 fully saturated rings. The van der Waals surface area contributed by atoms with Gasteiger partial charge in [0.1, 0.15) is 5.82 Å². The van der Waals surface area contributed by atoms with Crippen molar-refractivity contribution < 1.29 is 9.18 Å². The maximum Gasteiger partial charge on any atom is 0.257 e. The molecule has 4 heterocycles. The molecule has 6 nitrogen and oxygen atoms in total. The van der Waals surface area contributed by atoms with Crippen LogP contribution in [0.25, 0.3) is 11.0 Å². The number of carbonyl (C=O) groups excluding carboxylic acids is 1. The number of halogens is 3. The number of rotatable bonds is 2. The van der Waals surface area contributed by atoms with Crippen LogP contribution in [-0.4, -0.2) is 63.1 Å². The smallest absolute Gasteiger partial charge is 0.257 e. The van der Waals surface area contributed by atoms with Gasteiger partial charge in [-0.05, 0) is 36.5 Å². The number of aromatic amines is 1. The van der Waals surface area contributed by atoms with E-state index in [1.165, 1.54) is 12.3 Å². The molecule has 2 atom stereocenters. The fourth-order valence-corrected chi connectivity index (χ4v) is 5.04. The van der Waals surface area contributed by atoms with Crippen LogP contribution in [0.4, 0.5) is 4.39 Å². The summed E-state index contributed by atoms with van der Waals surface area (Å²) in [4.78, 5) is 21.7. The van der Waals surface area contributed by atoms with Gasteiger partial charge in [-0.1, -0.05) is 29.3 Å². The number of carbonyl (C=O) groups is 1. The van der Waals surface area contributed by atoms with Crippen molar-refractivity contribution in [2.45, 2.75) is 24.8 Å². The Kier molecular flexibility index (Phi) is 5.13. The van der Waals surface area contributed by atoms with Crippen LogP contribution >= 0.6 is 23.2 Å². The molecule has 3 aromatic rings. The average Bonchev–Trinajstić information content (AvgIpc) is 3.24. The van der Waals surface area contributed by atoms with Crippen molar-refractivity contribution in [3.63, 3.8) is 0 Å². The summed E-state index contributed by atoms with van der Waals surface area (Å²) in [5.41, 5.74) is 2.05. The van der Waals surface area contributed by atoms with Gasteiger partial charge in [-0.25, -0.2) is 9.37 Å². The third-order valence-electron chi connectivity index (χ3n) is 6.26. The first-order valence-electron chi connectivity index (χ1n) is 9.97. The Bertz CT molecular complexity index is 1120. The number of H-pyrrole nitrogens is 1. The van der Waals surface area contributed by atoms with Crippen molar-refractivity contribution in [2.75, 3.05) is 26.2 Å². The molecule has 0 saturated carbocycles. The molecule has 0 spiro atoms. The molecular weight excluding hydrogens is 428 g/mol. The van der Waals surface area contributed by atoms with Crippen molar-refractivity contribution in [3.8, 4) is 0 Å². The zero-order chi connectivity index (χ0) is 20.8. The largest absolute Gasteiger partial charge is 0.336 e. The highest BCUT2D eigenvalue weighted by Gasteiger charge is 2.35. The van der Waals surface area contributed by atoms with E-state index >= 15 is 0 Å². The monoisotopic (exact) mass is 447 g/mol. The molecule has 0 bridgehead atoms. The van der Waals surface area contributed by atoms with Gasteiger partial charge in [0, 0.05) is 38.4 Å². The second-order valence-electron chi connectivity index (χ2n) is 7.97. The van der Waals surface area contributed by atoms with E-state index in [1.54, 1.807) is 12.3 Å². The molecule has 0 aliphatic carbocycles. The minimum absolute atomic E-state index is 0.0947. The van der Waals surface area contributed by atoms with Crippen molar-refractivity contribution in [2.24, 2.45) is 0 Å². The molecular formula is C21H20Cl2FN5O. The lowest BCUT2D eigenvalue weighted by atomic mass is 9.86. The molecule has 5 rings (SSSR count). The quantitative estimate of drug-likeness (QED) is 0.641. The molecule has 2 aliphatic heterocycles. The van der Waals surface area contributed by atoms with Gasteiger partial charge in [-0.3, -0.25) is 14.8 Å². The number of nitrogens with zero attached hydrogens (tertiary/aromatic N) is 4. The number of pyridine rings is 1. The molecule has 30 heavy (non-hydrogen) atoms. The molecule has 9 heteroatoms. The molecule has 0 radical (unpaired) electrons. The van der Waals surface area contributed by atoms with Gasteiger partial charge >= 0.3 is 0 Å². The molecule has 156 valence electrons. The fourth-order valence-electron chi connectivity index (χ4n) is 4.59. The Hall–Kier alpha value is -2.22. The van der Waals surface area contributed by atoms with Crippen LogP contribution in [0.15, 0.2) is 30.6 Å². The highest BCUT2D eigenvalue weighted by atomic mass is 35.5. The number of piperazine rings is 1. The zero-order valence-electron chi connectivity index (χ0n) is 16.1. The number of piperidine rings is 1. The Morgan fingerprint density at radius 2 is 2.03 bits per heavy atom. The Morgan fingerprint density at radius 1 is 1.17 bits per heavy atom. The summed E-state index contributed by atoms with van der Waals surface area (Å²) in [7, 11) is 0. The minimum Gasteiger partial charge on any atom is -0.336 e. The van der Waals surface area contributed by atoms with E-state index in [4.69, 9.17) is 23.2 Å². The van der Waals surface area contributed by atoms with E-state index in [1.807, 2.05) is 11.0 Å². The van der Waals surface area contributed by atoms with E-state index in [2.05, 4.69) is 20.1 Å². The van der Waals surface area contributed by atoms with Gasteiger partial charge in [0.05, 0.1) is 27.2 Å². The summed E-state index contributed by atoms with van der Waals surface area (Å²) in [6.07, 6.45) is 5.06. The maximum absolute atomic E-state index is 13.5. The summed E-state index contributed by atoms with van der Waals surface area (Å²) in [6, 6.07) is 5.31. The standard InChI is InChI=1S/C21H20Cl2FN5O/c22-17-7-12(2-4-18(17)24)13-1-3-14-11-29(6-5-28(14)10-13)21(30)16-8-25-20-15(19(16)23)9-26-27-20/h2,4,7-9,13-14H,1,3,5-6,10-11H2,(H,25,26,27). The lowest BCUT2D eigenvalue weighted by Crippen LogP contribution is -2.57. The van der Waals surface area contributed by atoms with E-state index in [9.17, 15) is 9.18 Å². The molecule has 2 aliphatic rings. The number of nitrogens with one attached hydrogen (secondary N) is 1. The highest BCUT2D eigenvalue weighted by molar-refractivity contribution is 6.38. The summed E-state index contributed by atoms with van der Waals surface area (Å²) in [6.45, 7) is 2.97. The maximum atomic E-state index is 13.5. The zero-order valence-corrected chi connectivity index (χ0v) is 17.6. The normalized spacial score (nSPS) is 22.3. The van der Waals surface area contributed by atoms with Crippen LogP contribution < -0.4 is 0 Å². The number of hydrogen-bond donors (Lipinski definition) is 1. The average molecular weight is 448 g/mol. The van der Waals surface area contributed by atoms with Gasteiger partial charge in [-0.2, -0.15) is 5.10 Å². The number of fused-ring (bicyclic) bond motifs is 2. The summed E-state index contributed by atoms with van der Waals surface area (Å²) >= 11 is 12.4. The first-order chi connectivity index (χ1) is 14.5. The van der Waals surface area contributed by atoms with Crippen LogP contribution in [-0.2, 0) is 0 Å². The summed E-state index contributed by atoms with van der Waals surface area (Å²) in [5, 5.41) is 7.91. The second-order valence-corrected chi connectivity index (χ2v) is 8.75. The second kappa shape index (κ2) is 7.80. The van der Waals surface area contributed by atoms with Gasteiger partial charge in [0.2, 0.25) is 0 Å². The third kappa shape index (κ3) is 3.45. The highest BCUT2D eigenvalue weighted by Crippen LogP contribution is 2.34. The molecule has 2 saturated heterocycles. The van der Waals surface area contributed by atoms with Crippen LogP contribution in [0, 0.1) is 5.82 Å². The van der Waals surface area contributed by atoms with Crippen LogP contribution in [0.1, 0.15) is 34.7 Å². The molecule has 2 aromatic heterocycles. The predicted molar refractivity (Wildman–Crippen MR) is 114 cm³/mol. The van der Waals surface area contributed by atoms with Gasteiger partial charge in [-0.15, -0.1) is 0 Å². The van der Waals surface area contributed by atoms with Crippen molar-refractivity contribution in [1.82, 2.24) is 25.0 Å². The van der Waals surface area contributed by atoms with Gasteiger partial charge in [0.15, 0.2) is 5.65 Å². The Labute approximate surface area is 183 Å². The predicted octanol–water partition coefficient (Wildman–Crippen LogP) is 4.11. The summed E-state index contributed by atoms with van der Waals surface area (Å²) in [5.74, 6) is -0.158. The third-order valence-corrected chi connectivity index (χ3v) is 6.95. The van der Waals surface area contributed by atoms with Crippen molar-refractivity contribution in [1.29, 1.82) is 0 Å².